The third-order valence-electron chi connectivity index (χ3n) is 7.21. The number of ether oxygens (including phenoxy) is 3. The average molecular weight is 403 g/mol. The number of fused-ring (bicyclic) bond motifs is 1. The van der Waals surface area contributed by atoms with Gasteiger partial charge in [0.2, 0.25) is 0 Å². The Kier molecular flexibility index (Phi) is 5.81. The summed E-state index contributed by atoms with van der Waals surface area (Å²) in [5.41, 5.74) is 0.719. The molecule has 0 bridgehead atoms. The van der Waals surface area contributed by atoms with Gasteiger partial charge in [-0.15, -0.1) is 0 Å². The van der Waals surface area contributed by atoms with Crippen molar-refractivity contribution in [3.8, 4) is 5.75 Å². The van der Waals surface area contributed by atoms with Crippen LogP contribution < -0.4 is 4.74 Å². The molecular formula is C23H32NO5+. The zero-order chi connectivity index (χ0) is 20.4. The van der Waals surface area contributed by atoms with Gasteiger partial charge in [-0.3, -0.25) is 9.59 Å². The minimum absolute atomic E-state index is 0.0589. The smallest absolute Gasteiger partial charge is 0.313 e. The Balaban J connectivity index is 1.44. The van der Waals surface area contributed by atoms with Crippen LogP contribution >= 0.6 is 0 Å². The van der Waals surface area contributed by atoms with Crippen molar-refractivity contribution >= 4 is 11.9 Å². The molecule has 0 N–H and O–H groups in total. The fourth-order valence-corrected chi connectivity index (χ4v) is 5.67. The largest absolute Gasteiger partial charge is 0.496 e. The maximum Gasteiger partial charge on any atom is 0.313 e. The number of cyclic esters (lactones) is 1. The maximum absolute atomic E-state index is 13.0. The van der Waals surface area contributed by atoms with E-state index in [0.29, 0.717) is 24.3 Å². The predicted octanol–water partition coefficient (Wildman–Crippen LogP) is 3.25. The lowest BCUT2D eigenvalue weighted by molar-refractivity contribution is -0.947. The fraction of sp³-hybridized carbons (Fsp3) is 0.652. The van der Waals surface area contributed by atoms with Gasteiger partial charge in [-0.05, 0) is 31.7 Å². The zero-order valence-electron chi connectivity index (χ0n) is 17.5. The van der Waals surface area contributed by atoms with E-state index in [9.17, 15) is 9.59 Å². The van der Waals surface area contributed by atoms with Crippen LogP contribution in [-0.4, -0.2) is 56.3 Å². The summed E-state index contributed by atoms with van der Waals surface area (Å²) in [4.78, 5) is 25.0. The van der Waals surface area contributed by atoms with Crippen molar-refractivity contribution in [2.24, 2.45) is 11.8 Å². The Bertz CT molecular complexity index is 761. The Morgan fingerprint density at radius 1 is 1.17 bits per heavy atom. The van der Waals surface area contributed by atoms with Gasteiger partial charge in [0.05, 0.1) is 46.3 Å². The highest BCUT2D eigenvalue weighted by Crippen LogP contribution is 2.41. The van der Waals surface area contributed by atoms with E-state index in [-0.39, 0.29) is 18.4 Å². The van der Waals surface area contributed by atoms with E-state index in [0.717, 1.165) is 16.5 Å². The number of methoxy groups -OCH3 is 1. The number of carbonyl (C=O) groups excluding carboxylic acids is 2. The second kappa shape index (κ2) is 8.34. The molecule has 158 valence electrons. The molecule has 1 aromatic rings. The Morgan fingerprint density at radius 2 is 1.97 bits per heavy atom. The lowest BCUT2D eigenvalue weighted by atomic mass is 9.82. The monoisotopic (exact) mass is 402 g/mol. The van der Waals surface area contributed by atoms with Gasteiger partial charge in [0, 0.05) is 17.9 Å². The van der Waals surface area contributed by atoms with Crippen molar-refractivity contribution < 1.29 is 28.3 Å². The Morgan fingerprint density at radius 3 is 2.79 bits per heavy atom. The molecule has 0 spiro atoms. The van der Waals surface area contributed by atoms with Crippen LogP contribution in [0.25, 0.3) is 0 Å². The van der Waals surface area contributed by atoms with Gasteiger partial charge in [0.1, 0.15) is 17.8 Å². The minimum atomic E-state index is -0.645. The van der Waals surface area contributed by atoms with Crippen LogP contribution in [0.2, 0.25) is 0 Å². The van der Waals surface area contributed by atoms with Crippen LogP contribution in [0.5, 0.6) is 5.75 Å². The molecule has 3 fully saturated rings. The van der Waals surface area contributed by atoms with Gasteiger partial charge in [-0.2, -0.15) is 0 Å². The number of esters is 2. The summed E-state index contributed by atoms with van der Waals surface area (Å²) in [5.74, 6) is -0.290. The number of para-hydroxylation sites is 1. The molecule has 0 aliphatic carbocycles. The molecule has 6 heteroatoms. The molecule has 0 amide bonds. The first kappa shape index (κ1) is 20.2. The number of benzene rings is 1. The molecule has 3 aliphatic heterocycles. The first-order valence-corrected chi connectivity index (χ1v) is 10.8. The summed E-state index contributed by atoms with van der Waals surface area (Å²) in [6.45, 7) is 2.91. The number of rotatable bonds is 5. The van der Waals surface area contributed by atoms with Crippen molar-refractivity contribution in [2.75, 3.05) is 33.9 Å². The number of piperidine rings is 2. The van der Waals surface area contributed by atoms with Crippen LogP contribution in [0.1, 0.15) is 50.2 Å². The van der Waals surface area contributed by atoms with Crippen molar-refractivity contribution in [1.82, 2.24) is 0 Å². The predicted molar refractivity (Wildman–Crippen MR) is 107 cm³/mol. The first-order valence-electron chi connectivity index (χ1n) is 10.8. The molecule has 3 saturated heterocycles. The van der Waals surface area contributed by atoms with Gasteiger partial charge in [0.15, 0.2) is 0 Å². The minimum Gasteiger partial charge on any atom is -0.496 e. The molecule has 3 aliphatic rings. The summed E-state index contributed by atoms with van der Waals surface area (Å²) in [6, 6.07) is 7.95. The number of carbonyl (C=O) groups is 2. The topological polar surface area (TPSA) is 61.8 Å². The third kappa shape index (κ3) is 4.00. The first-order chi connectivity index (χ1) is 14.0. The summed E-state index contributed by atoms with van der Waals surface area (Å²) in [7, 11) is 3.93. The lowest BCUT2D eigenvalue weighted by Crippen LogP contribution is -2.61. The number of hydrogen-bond acceptors (Lipinski definition) is 5. The van der Waals surface area contributed by atoms with E-state index >= 15 is 0 Å². The van der Waals surface area contributed by atoms with Crippen molar-refractivity contribution in [3.05, 3.63) is 29.8 Å². The van der Waals surface area contributed by atoms with E-state index in [2.05, 4.69) is 7.05 Å². The molecule has 6 nitrogen and oxygen atoms in total. The van der Waals surface area contributed by atoms with Crippen LogP contribution in [0.4, 0.5) is 0 Å². The van der Waals surface area contributed by atoms with Crippen molar-refractivity contribution in [2.45, 2.75) is 50.7 Å². The summed E-state index contributed by atoms with van der Waals surface area (Å²) >= 11 is 0. The van der Waals surface area contributed by atoms with Crippen LogP contribution in [-0.2, 0) is 19.1 Å². The molecule has 5 atom stereocenters. The molecule has 4 rings (SSSR count). The van der Waals surface area contributed by atoms with E-state index < -0.39 is 12.0 Å². The molecule has 3 heterocycles. The second-order valence-corrected chi connectivity index (χ2v) is 8.99. The quantitative estimate of drug-likeness (QED) is 0.559. The van der Waals surface area contributed by atoms with Crippen LogP contribution in [0.3, 0.4) is 0 Å². The summed E-state index contributed by atoms with van der Waals surface area (Å²) in [5, 5.41) is 0. The van der Waals surface area contributed by atoms with Crippen molar-refractivity contribution in [1.29, 1.82) is 0 Å². The number of quaternary nitrogens is 1. The zero-order valence-corrected chi connectivity index (χ0v) is 17.5. The van der Waals surface area contributed by atoms with E-state index in [1.165, 1.54) is 38.8 Å². The second-order valence-electron chi connectivity index (χ2n) is 8.99. The third-order valence-corrected chi connectivity index (χ3v) is 7.21. The van der Waals surface area contributed by atoms with Gasteiger partial charge in [-0.25, -0.2) is 0 Å². The molecule has 29 heavy (non-hydrogen) atoms. The Labute approximate surface area is 172 Å². The summed E-state index contributed by atoms with van der Waals surface area (Å²) in [6.07, 6.45) is 5.49. The molecule has 1 unspecified atom stereocenters. The molecule has 1 aromatic carbocycles. The molecule has 0 aromatic heterocycles. The highest BCUT2D eigenvalue weighted by Gasteiger charge is 2.46. The van der Waals surface area contributed by atoms with Gasteiger partial charge >= 0.3 is 11.9 Å². The lowest BCUT2D eigenvalue weighted by Gasteiger charge is -2.51. The SMILES string of the molecule is COc1ccccc1[C@H]1OC(=O)C[C@H]1C(=O)OC[C@@H]1CCC[N+]2(C)CCCC[C@H]12. The van der Waals surface area contributed by atoms with Gasteiger partial charge in [0.25, 0.3) is 0 Å². The molecule has 0 saturated carbocycles. The molecular weight excluding hydrogens is 370 g/mol. The molecule has 0 radical (unpaired) electrons. The standard InChI is InChI=1S/C23H32NO5/c1-24-12-6-5-10-19(24)16(8-7-13-24)15-28-23(26)18-14-21(25)29-22(18)17-9-3-4-11-20(17)27-2/h3-4,9,11,16,18-19,22H,5-8,10,12-15H2,1-2H3/q+1/t16-,18+,19+,22+,24?/m0/s1. The van der Waals surface area contributed by atoms with E-state index in [1.54, 1.807) is 7.11 Å². The van der Waals surface area contributed by atoms with Gasteiger partial charge in [-0.1, -0.05) is 18.2 Å². The van der Waals surface area contributed by atoms with E-state index in [4.69, 9.17) is 14.2 Å². The highest BCUT2D eigenvalue weighted by molar-refractivity contribution is 5.84. The van der Waals surface area contributed by atoms with Crippen LogP contribution in [0, 0.1) is 11.8 Å². The van der Waals surface area contributed by atoms with Gasteiger partial charge < -0.3 is 18.7 Å². The fourth-order valence-electron chi connectivity index (χ4n) is 5.67. The van der Waals surface area contributed by atoms with Crippen LogP contribution in [0.15, 0.2) is 24.3 Å². The number of nitrogens with zero attached hydrogens (tertiary/aromatic N) is 1. The summed E-state index contributed by atoms with van der Waals surface area (Å²) < 4.78 is 17.8. The Hall–Kier alpha value is -2.08. The normalized spacial score (nSPS) is 34.2. The maximum atomic E-state index is 13.0. The van der Waals surface area contributed by atoms with Crippen molar-refractivity contribution in [3.63, 3.8) is 0 Å². The number of hydrogen-bond donors (Lipinski definition) is 0. The van der Waals surface area contributed by atoms with E-state index in [1.807, 2.05) is 24.3 Å². The highest BCUT2D eigenvalue weighted by atomic mass is 16.6. The average Bonchev–Trinajstić information content (AvgIpc) is 3.13.